The van der Waals surface area contributed by atoms with E-state index in [-0.39, 0.29) is 43.3 Å². The summed E-state index contributed by atoms with van der Waals surface area (Å²) in [7, 11) is 2.55. The average molecular weight is 966 g/mol. The summed E-state index contributed by atoms with van der Waals surface area (Å²) in [4.78, 5) is 2.65. The molecule has 0 unspecified atom stereocenters. The molecule has 6 aromatic carbocycles. The van der Waals surface area contributed by atoms with Crippen LogP contribution in [0, 0.1) is 6.92 Å². The van der Waals surface area contributed by atoms with Gasteiger partial charge in [-0.1, -0.05) is 141 Å². The minimum Gasteiger partial charge on any atom is -0.456 e. The first kappa shape index (κ1) is 48.7. The lowest BCUT2D eigenvalue weighted by atomic mass is 9.55. The van der Waals surface area contributed by atoms with Crippen molar-refractivity contribution in [2.45, 2.75) is 212 Å². The van der Waals surface area contributed by atoms with Gasteiger partial charge in [-0.15, -0.1) is 0 Å². The molecule has 4 aliphatic carbocycles. The van der Waals surface area contributed by atoms with E-state index >= 15 is 0 Å². The number of rotatable bonds is 4. The second-order valence-corrected chi connectivity index (χ2v) is 29.3. The van der Waals surface area contributed by atoms with E-state index in [0.717, 1.165) is 22.5 Å². The van der Waals surface area contributed by atoms with Crippen LogP contribution in [0.2, 0.25) is 0 Å². The van der Waals surface area contributed by atoms with Gasteiger partial charge in [0.25, 0.3) is 0 Å². The Bertz CT molecular complexity index is 3490. The lowest BCUT2D eigenvalue weighted by Crippen LogP contribution is -2.44. The van der Waals surface area contributed by atoms with Crippen molar-refractivity contribution < 1.29 is 4.42 Å². The maximum atomic E-state index is 7.07. The van der Waals surface area contributed by atoms with Gasteiger partial charge in [-0.3, -0.25) is 0 Å². The van der Waals surface area contributed by atoms with Gasteiger partial charge in [0, 0.05) is 45.2 Å². The van der Waals surface area contributed by atoms with Crippen LogP contribution in [-0.2, 0) is 43.3 Å². The van der Waals surface area contributed by atoms with Crippen LogP contribution in [0.15, 0.2) is 89.3 Å². The summed E-state index contributed by atoms with van der Waals surface area (Å²) < 4.78 is 7.07. The Morgan fingerprint density at radius 3 is 1.44 bits per heavy atom. The molecule has 73 heavy (non-hydrogen) atoms. The molecule has 0 spiro atoms. The van der Waals surface area contributed by atoms with E-state index in [1.54, 1.807) is 0 Å². The van der Waals surface area contributed by atoms with Crippen LogP contribution >= 0.6 is 0 Å². The SMILES string of the molecule is Cc1cc(-c2cc3c(cc2Nc2ccc4c(c2)C(C)(C)CCC4(C)C)oc2cc4c(cc23)C(C)(C)CCC4(C)C)c2c(c1)N(c1ccc3c(c1)C(C)(C)CCC3(C)C)c1cc3c(cc1[B]2)C(C)(C)CCC3(C)C. The molecular formula is C69H82BN2O. The predicted molar refractivity (Wildman–Crippen MR) is 314 cm³/mol. The quantitative estimate of drug-likeness (QED) is 0.178. The number of fused-ring (bicyclic) bond motifs is 9. The van der Waals surface area contributed by atoms with Gasteiger partial charge >= 0.3 is 0 Å². The molecular weight excluding hydrogens is 884 g/mol. The monoisotopic (exact) mass is 966 g/mol. The van der Waals surface area contributed by atoms with E-state index in [9.17, 15) is 0 Å². The molecule has 1 radical (unpaired) electrons. The normalized spacial score (nSPS) is 21.7. The highest BCUT2D eigenvalue weighted by Gasteiger charge is 2.43. The molecule has 377 valence electrons. The summed E-state index contributed by atoms with van der Waals surface area (Å²) in [6.07, 6.45) is 9.43. The molecule has 2 heterocycles. The van der Waals surface area contributed by atoms with Crippen LogP contribution in [0.25, 0.3) is 33.1 Å². The van der Waals surface area contributed by atoms with E-state index in [0.29, 0.717) is 0 Å². The lowest BCUT2D eigenvalue weighted by molar-refractivity contribution is 0.332. The molecule has 7 aromatic rings. The minimum absolute atomic E-state index is 0.0701. The number of nitrogens with one attached hydrogen (secondary N) is 1. The highest BCUT2D eigenvalue weighted by molar-refractivity contribution is 6.73. The molecule has 5 aliphatic rings. The number of benzene rings is 6. The molecule has 4 heteroatoms. The van der Waals surface area contributed by atoms with Crippen molar-refractivity contribution in [1.82, 2.24) is 0 Å². The molecule has 3 nitrogen and oxygen atoms in total. The molecule has 12 rings (SSSR count). The summed E-state index contributed by atoms with van der Waals surface area (Å²) in [5.74, 6) is 0. The molecule has 0 fully saturated rings. The van der Waals surface area contributed by atoms with Crippen LogP contribution in [-0.4, -0.2) is 7.28 Å². The first-order valence-corrected chi connectivity index (χ1v) is 28.1. The topological polar surface area (TPSA) is 28.4 Å². The standard InChI is InChI=1S/C69H82BN2O/c1-40-30-46(61-58(31-40)72(42-19-21-48-50(33-42)65(8,9)25-23-63(48,4)5)57-37-53-52(36-55(57)70-61)67(12,13)27-28-68(53,14)15)43-34-44-45-35-51-54(69(16,17)29-26-66(51,10)11)38-59(45)73-60(44)39-56(43)71-41-18-20-47-49(32-41)64(6,7)24-22-62(47,2)3/h18-21,30-39,71H,22-29H2,1-17H3. The number of furan rings is 1. The maximum Gasteiger partial charge on any atom is 0.197 e. The highest BCUT2D eigenvalue weighted by atomic mass is 16.3. The molecule has 0 atom stereocenters. The van der Waals surface area contributed by atoms with Crippen molar-refractivity contribution >= 4 is 68.6 Å². The molecule has 0 bridgehead atoms. The molecule has 0 amide bonds. The van der Waals surface area contributed by atoms with Crippen molar-refractivity contribution in [2.75, 3.05) is 10.2 Å². The van der Waals surface area contributed by atoms with Gasteiger partial charge in [0.05, 0.1) is 5.69 Å². The van der Waals surface area contributed by atoms with Crippen molar-refractivity contribution in [3.63, 3.8) is 0 Å². The average Bonchev–Trinajstić information content (AvgIpc) is 3.67. The number of anilines is 5. The first-order valence-electron chi connectivity index (χ1n) is 28.1. The summed E-state index contributed by atoms with van der Waals surface area (Å²) in [6, 6.07) is 34.5. The Labute approximate surface area is 439 Å². The van der Waals surface area contributed by atoms with Crippen LogP contribution < -0.4 is 21.1 Å². The van der Waals surface area contributed by atoms with Gasteiger partial charge < -0.3 is 14.6 Å². The van der Waals surface area contributed by atoms with E-state index in [1.807, 2.05) is 0 Å². The number of hydrogen-bond donors (Lipinski definition) is 1. The fraction of sp³-hybridized carbons (Fsp3) is 0.478. The largest absolute Gasteiger partial charge is 0.456 e. The van der Waals surface area contributed by atoms with E-state index < -0.39 is 0 Å². The van der Waals surface area contributed by atoms with Gasteiger partial charge in [-0.05, 0) is 217 Å². The fourth-order valence-corrected chi connectivity index (χ4v) is 14.6. The first-order chi connectivity index (χ1) is 34.0. The van der Waals surface area contributed by atoms with Gasteiger partial charge in [-0.25, -0.2) is 0 Å². The van der Waals surface area contributed by atoms with E-state index in [1.165, 1.54) is 151 Å². The second kappa shape index (κ2) is 15.4. The van der Waals surface area contributed by atoms with Gasteiger partial charge in [-0.2, -0.15) is 0 Å². The Hall–Kier alpha value is -5.22. The van der Waals surface area contributed by atoms with Crippen molar-refractivity contribution in [1.29, 1.82) is 0 Å². The summed E-state index contributed by atoms with van der Waals surface area (Å²) >= 11 is 0. The van der Waals surface area contributed by atoms with Gasteiger partial charge in [0.2, 0.25) is 0 Å². The van der Waals surface area contributed by atoms with Crippen LogP contribution in [0.1, 0.15) is 212 Å². The van der Waals surface area contributed by atoms with Crippen molar-refractivity contribution in [3.8, 4) is 11.1 Å². The molecule has 1 aliphatic heterocycles. The van der Waals surface area contributed by atoms with Gasteiger partial charge in [0.1, 0.15) is 11.2 Å². The van der Waals surface area contributed by atoms with Gasteiger partial charge in [0.15, 0.2) is 7.28 Å². The maximum absolute atomic E-state index is 7.07. The number of aryl methyl sites for hydroxylation is 1. The number of hydrogen-bond acceptors (Lipinski definition) is 3. The highest BCUT2D eigenvalue weighted by Crippen LogP contribution is 2.54. The van der Waals surface area contributed by atoms with Crippen LogP contribution in [0.4, 0.5) is 28.4 Å². The molecule has 0 saturated heterocycles. The van der Waals surface area contributed by atoms with Crippen molar-refractivity contribution in [2.24, 2.45) is 0 Å². The third-order valence-electron chi connectivity index (χ3n) is 20.2. The second-order valence-electron chi connectivity index (χ2n) is 29.3. The van der Waals surface area contributed by atoms with Crippen LogP contribution in [0.5, 0.6) is 0 Å². The summed E-state index contributed by atoms with van der Waals surface area (Å²) in [6.45, 7) is 41.4. The molecule has 1 N–H and O–H groups in total. The van der Waals surface area contributed by atoms with Crippen LogP contribution in [0.3, 0.4) is 0 Å². The number of nitrogens with zero attached hydrogens (tertiary/aromatic N) is 1. The zero-order chi connectivity index (χ0) is 52.0. The zero-order valence-electron chi connectivity index (χ0n) is 47.7. The Morgan fingerprint density at radius 1 is 0.411 bits per heavy atom. The van der Waals surface area contributed by atoms with E-state index in [2.05, 4.69) is 220 Å². The Balaban J connectivity index is 1.13. The third-order valence-corrected chi connectivity index (χ3v) is 20.2. The zero-order valence-corrected chi connectivity index (χ0v) is 47.7. The Morgan fingerprint density at radius 2 is 0.863 bits per heavy atom. The fourth-order valence-electron chi connectivity index (χ4n) is 14.6. The molecule has 1 aromatic heterocycles. The minimum atomic E-state index is 0.0701. The van der Waals surface area contributed by atoms with E-state index in [4.69, 9.17) is 4.42 Å². The predicted octanol–water partition coefficient (Wildman–Crippen LogP) is 18.1. The smallest absolute Gasteiger partial charge is 0.197 e. The van der Waals surface area contributed by atoms with Crippen molar-refractivity contribution in [3.05, 3.63) is 135 Å². The lowest BCUT2D eigenvalue weighted by Gasteiger charge is -2.45. The summed E-state index contributed by atoms with van der Waals surface area (Å²) in [5.41, 5.74) is 26.6. The third kappa shape index (κ3) is 7.54. The molecule has 0 saturated carbocycles. The Kier molecular flexibility index (Phi) is 10.3. The summed E-state index contributed by atoms with van der Waals surface area (Å²) in [5, 5.41) is 6.50.